The van der Waals surface area contributed by atoms with Crippen molar-refractivity contribution in [3.63, 3.8) is 0 Å². The van der Waals surface area contributed by atoms with Crippen molar-refractivity contribution in [3.05, 3.63) is 52.4 Å². The molecule has 33 heavy (non-hydrogen) atoms. The number of hydrogen-bond donors (Lipinski definition) is 2. The highest BCUT2D eigenvalue weighted by Crippen LogP contribution is 2.24. The van der Waals surface area contributed by atoms with Crippen LogP contribution in [0.15, 0.2) is 46.2 Å². The lowest BCUT2D eigenvalue weighted by molar-refractivity contribution is -0.116. The van der Waals surface area contributed by atoms with Gasteiger partial charge in [0.25, 0.3) is 5.56 Å². The summed E-state index contributed by atoms with van der Waals surface area (Å²) in [5.41, 5.74) is 0.694. The molecule has 1 heterocycles. The number of pyridine rings is 1. The quantitative estimate of drug-likeness (QED) is 0.486. The van der Waals surface area contributed by atoms with Gasteiger partial charge in [0, 0.05) is 31.0 Å². The standard InChI is InChI=1S/C21H30N4O6S2/c1-5-13-32(28,29)23-19-10-8-9-18(16(19)4)22-20(26)15-24-14-17(11-12-21(24)27)33(30,31)25(6-2)7-3/h8-12,14,23H,5-7,13,15H2,1-4H3,(H,22,26). The van der Waals surface area contributed by atoms with Gasteiger partial charge in [0.15, 0.2) is 0 Å². The van der Waals surface area contributed by atoms with Crippen LogP contribution in [0.4, 0.5) is 11.4 Å². The van der Waals surface area contributed by atoms with E-state index in [1.165, 1.54) is 10.4 Å². The largest absolute Gasteiger partial charge is 0.324 e. The molecule has 0 fully saturated rings. The summed E-state index contributed by atoms with van der Waals surface area (Å²) in [4.78, 5) is 24.8. The van der Waals surface area contributed by atoms with Gasteiger partial charge in [0.2, 0.25) is 26.0 Å². The maximum absolute atomic E-state index is 12.7. The minimum atomic E-state index is -3.79. The van der Waals surface area contributed by atoms with Gasteiger partial charge in [-0.3, -0.25) is 14.3 Å². The number of carbonyl (C=O) groups excluding carboxylic acids is 1. The van der Waals surface area contributed by atoms with E-state index in [1.807, 2.05) is 0 Å². The molecule has 2 rings (SSSR count). The lowest BCUT2D eigenvalue weighted by Gasteiger charge is -2.19. The van der Waals surface area contributed by atoms with Crippen LogP contribution in [-0.4, -0.2) is 50.5 Å². The minimum absolute atomic E-state index is 0.0291. The van der Waals surface area contributed by atoms with Gasteiger partial charge in [-0.1, -0.05) is 26.8 Å². The number of hydrogen-bond acceptors (Lipinski definition) is 6. The second kappa shape index (κ2) is 10.9. The van der Waals surface area contributed by atoms with Crippen molar-refractivity contribution in [2.75, 3.05) is 28.9 Å². The zero-order valence-electron chi connectivity index (χ0n) is 19.2. The van der Waals surface area contributed by atoms with Crippen molar-refractivity contribution in [1.29, 1.82) is 0 Å². The second-order valence-corrected chi connectivity index (χ2v) is 11.1. The van der Waals surface area contributed by atoms with E-state index in [0.29, 0.717) is 23.4 Å². The molecule has 0 atom stereocenters. The number of benzene rings is 1. The first-order chi connectivity index (χ1) is 15.4. The predicted molar refractivity (Wildman–Crippen MR) is 128 cm³/mol. The highest BCUT2D eigenvalue weighted by molar-refractivity contribution is 7.92. The maximum Gasteiger partial charge on any atom is 0.251 e. The highest BCUT2D eigenvalue weighted by Gasteiger charge is 2.22. The van der Waals surface area contributed by atoms with E-state index in [4.69, 9.17) is 0 Å². The van der Waals surface area contributed by atoms with Crippen LogP contribution in [0.2, 0.25) is 0 Å². The highest BCUT2D eigenvalue weighted by atomic mass is 32.2. The van der Waals surface area contributed by atoms with Crippen LogP contribution in [0.3, 0.4) is 0 Å². The van der Waals surface area contributed by atoms with Crippen LogP contribution in [-0.2, 0) is 31.4 Å². The zero-order chi connectivity index (χ0) is 24.8. The molecule has 2 aromatic rings. The van der Waals surface area contributed by atoms with E-state index < -0.39 is 38.1 Å². The normalized spacial score (nSPS) is 12.0. The average Bonchev–Trinajstić information content (AvgIpc) is 2.73. The van der Waals surface area contributed by atoms with Gasteiger partial charge in [0.1, 0.15) is 6.54 Å². The number of sulfonamides is 2. The number of rotatable bonds is 11. The minimum Gasteiger partial charge on any atom is -0.324 e. The van der Waals surface area contributed by atoms with E-state index >= 15 is 0 Å². The van der Waals surface area contributed by atoms with Gasteiger partial charge in [-0.25, -0.2) is 16.8 Å². The number of anilines is 2. The number of carbonyl (C=O) groups is 1. The first kappa shape index (κ1) is 26.6. The Balaban J connectivity index is 2.25. The Morgan fingerprint density at radius 2 is 1.64 bits per heavy atom. The van der Waals surface area contributed by atoms with Crippen molar-refractivity contribution >= 4 is 37.3 Å². The fourth-order valence-electron chi connectivity index (χ4n) is 3.21. The molecule has 0 bridgehead atoms. The van der Waals surface area contributed by atoms with Crippen molar-refractivity contribution in [2.45, 2.75) is 45.6 Å². The van der Waals surface area contributed by atoms with E-state index in [2.05, 4.69) is 10.0 Å². The van der Waals surface area contributed by atoms with Gasteiger partial charge < -0.3 is 9.88 Å². The number of nitrogens with zero attached hydrogens (tertiary/aromatic N) is 2. The molecular formula is C21H30N4O6S2. The van der Waals surface area contributed by atoms with Crippen LogP contribution in [0.25, 0.3) is 0 Å². The third-order valence-electron chi connectivity index (χ3n) is 4.96. The molecule has 1 aromatic carbocycles. The SMILES string of the molecule is CCCS(=O)(=O)Nc1cccc(NC(=O)Cn2cc(S(=O)(=O)N(CC)CC)ccc2=O)c1C. The van der Waals surface area contributed by atoms with Gasteiger partial charge in [-0.2, -0.15) is 4.31 Å². The Kier molecular flexibility index (Phi) is 8.81. The summed E-state index contributed by atoms with van der Waals surface area (Å²) in [6.45, 7) is 6.97. The lowest BCUT2D eigenvalue weighted by Crippen LogP contribution is -2.33. The molecule has 0 spiro atoms. The van der Waals surface area contributed by atoms with Crippen LogP contribution in [0.1, 0.15) is 32.8 Å². The van der Waals surface area contributed by atoms with E-state index in [9.17, 15) is 26.4 Å². The summed E-state index contributed by atoms with van der Waals surface area (Å²) < 4.78 is 54.4. The van der Waals surface area contributed by atoms with E-state index in [-0.39, 0.29) is 23.7 Å². The maximum atomic E-state index is 12.7. The Bertz CT molecular complexity index is 1270. The van der Waals surface area contributed by atoms with Gasteiger partial charge in [-0.05, 0) is 37.1 Å². The first-order valence-electron chi connectivity index (χ1n) is 10.6. The molecule has 1 aromatic heterocycles. The molecule has 10 nitrogen and oxygen atoms in total. The number of nitrogens with one attached hydrogen (secondary N) is 2. The molecule has 0 aliphatic rings. The van der Waals surface area contributed by atoms with Crippen LogP contribution in [0.5, 0.6) is 0 Å². The summed E-state index contributed by atoms with van der Waals surface area (Å²) >= 11 is 0. The fourth-order valence-corrected chi connectivity index (χ4v) is 5.89. The molecule has 12 heteroatoms. The number of amides is 1. The van der Waals surface area contributed by atoms with Crippen molar-refractivity contribution in [1.82, 2.24) is 8.87 Å². The average molecular weight is 499 g/mol. The van der Waals surface area contributed by atoms with E-state index in [0.717, 1.165) is 16.8 Å². The second-order valence-electron chi connectivity index (χ2n) is 7.37. The molecule has 0 unspecified atom stereocenters. The first-order valence-corrected chi connectivity index (χ1v) is 13.6. The Hall–Kier alpha value is -2.70. The van der Waals surface area contributed by atoms with Crippen molar-refractivity contribution in [2.24, 2.45) is 0 Å². The molecule has 0 saturated heterocycles. The molecule has 0 radical (unpaired) electrons. The zero-order valence-corrected chi connectivity index (χ0v) is 20.8. The Labute approximate surface area is 194 Å². The fraction of sp³-hybridized carbons (Fsp3) is 0.429. The third kappa shape index (κ3) is 6.65. The predicted octanol–water partition coefficient (Wildman–Crippen LogP) is 1.98. The molecule has 2 N–H and O–H groups in total. The topological polar surface area (TPSA) is 135 Å². The molecule has 0 saturated carbocycles. The Morgan fingerprint density at radius 3 is 2.24 bits per heavy atom. The monoisotopic (exact) mass is 498 g/mol. The Morgan fingerprint density at radius 1 is 1.00 bits per heavy atom. The molecule has 182 valence electrons. The van der Waals surface area contributed by atoms with Crippen LogP contribution < -0.4 is 15.6 Å². The molecule has 0 aliphatic carbocycles. The summed E-state index contributed by atoms with van der Waals surface area (Å²) in [6.07, 6.45) is 1.61. The van der Waals surface area contributed by atoms with Crippen molar-refractivity contribution < 1.29 is 21.6 Å². The smallest absolute Gasteiger partial charge is 0.251 e. The molecule has 1 amide bonds. The van der Waals surface area contributed by atoms with Crippen LogP contribution in [0, 0.1) is 6.92 Å². The summed E-state index contributed by atoms with van der Waals surface area (Å²) in [7, 11) is -7.30. The number of aromatic nitrogens is 1. The molecular weight excluding hydrogens is 468 g/mol. The van der Waals surface area contributed by atoms with Gasteiger partial charge in [-0.15, -0.1) is 0 Å². The summed E-state index contributed by atoms with van der Waals surface area (Å²) in [5.74, 6) is -0.593. The van der Waals surface area contributed by atoms with Gasteiger partial charge in [0.05, 0.1) is 16.3 Å². The summed E-state index contributed by atoms with van der Waals surface area (Å²) in [6, 6.07) is 7.12. The van der Waals surface area contributed by atoms with Gasteiger partial charge >= 0.3 is 0 Å². The van der Waals surface area contributed by atoms with Crippen LogP contribution >= 0.6 is 0 Å². The third-order valence-corrected chi connectivity index (χ3v) is 8.47. The summed E-state index contributed by atoms with van der Waals surface area (Å²) in [5, 5.41) is 2.65. The molecule has 0 aliphatic heterocycles. The lowest BCUT2D eigenvalue weighted by atomic mass is 10.1. The van der Waals surface area contributed by atoms with Crippen molar-refractivity contribution in [3.8, 4) is 0 Å². The van der Waals surface area contributed by atoms with E-state index in [1.54, 1.807) is 45.9 Å².